The van der Waals surface area contributed by atoms with Gasteiger partial charge in [0.25, 0.3) is 5.56 Å². The van der Waals surface area contributed by atoms with Crippen molar-refractivity contribution >= 4 is 68.4 Å². The van der Waals surface area contributed by atoms with Gasteiger partial charge in [0.2, 0.25) is 0 Å². The Labute approximate surface area is 231 Å². The molecule has 1 aromatic heterocycles. The molecule has 3 heterocycles. The van der Waals surface area contributed by atoms with Crippen LogP contribution >= 0.6 is 58.1 Å². The van der Waals surface area contributed by atoms with Crippen molar-refractivity contribution in [1.82, 2.24) is 4.57 Å². The van der Waals surface area contributed by atoms with Crippen LogP contribution in [0.1, 0.15) is 50.3 Å². The van der Waals surface area contributed by atoms with Crippen molar-refractivity contribution in [2.75, 3.05) is 0 Å². The van der Waals surface area contributed by atoms with Crippen LogP contribution in [0.25, 0.3) is 10.3 Å². The number of fused-ring (bicyclic) bond motifs is 1. The second kappa shape index (κ2) is 9.73. The number of nitrogens with zero attached hydrogens (tertiary/aromatic N) is 2. The summed E-state index contributed by atoms with van der Waals surface area (Å²) < 4.78 is 3.74. The third-order valence-corrected chi connectivity index (χ3v) is 11.1. The lowest BCUT2D eigenvalue weighted by atomic mass is 9.84. The lowest BCUT2D eigenvalue weighted by Crippen LogP contribution is -2.39. The van der Waals surface area contributed by atoms with Gasteiger partial charge in [0.1, 0.15) is 4.53 Å². The molecule has 3 nitrogen and oxygen atoms in total. The van der Waals surface area contributed by atoms with E-state index in [-0.39, 0.29) is 11.6 Å². The van der Waals surface area contributed by atoms with Crippen molar-refractivity contribution in [1.29, 1.82) is 0 Å². The maximum atomic E-state index is 13.9. The highest BCUT2D eigenvalue weighted by atomic mass is 35.5. The highest BCUT2D eigenvalue weighted by Gasteiger charge is 2.33. The first-order chi connectivity index (χ1) is 17.4. The summed E-state index contributed by atoms with van der Waals surface area (Å²) in [6.45, 7) is 4.22. The molecule has 0 unspecified atom stereocenters. The van der Waals surface area contributed by atoms with Crippen molar-refractivity contribution in [3.05, 3.63) is 116 Å². The minimum absolute atomic E-state index is 0.0385. The SMILES string of the molecule is CC1=C(C)SC(=c2sc3n(c2=O)[C@H](c2ccc(Cl)cc2)C2=C(N=3)/C(=C/c3ccc(Cl)cc3)CCC2)S1. The number of hydrogen-bond acceptors (Lipinski definition) is 5. The molecule has 6 rings (SSSR count). The summed E-state index contributed by atoms with van der Waals surface area (Å²) in [5, 5.41) is 1.41. The molecule has 0 spiro atoms. The normalized spacial score (nSPS) is 20.6. The summed E-state index contributed by atoms with van der Waals surface area (Å²) in [6.07, 6.45) is 5.08. The Hall–Kier alpha value is -1.96. The van der Waals surface area contributed by atoms with Gasteiger partial charge >= 0.3 is 0 Å². The van der Waals surface area contributed by atoms with E-state index in [9.17, 15) is 4.79 Å². The quantitative estimate of drug-likeness (QED) is 0.316. The van der Waals surface area contributed by atoms with Crippen LogP contribution in [-0.4, -0.2) is 4.57 Å². The van der Waals surface area contributed by atoms with Crippen molar-refractivity contribution in [2.45, 2.75) is 39.2 Å². The van der Waals surface area contributed by atoms with E-state index in [4.69, 9.17) is 28.2 Å². The van der Waals surface area contributed by atoms with Crippen molar-refractivity contribution in [3.8, 4) is 0 Å². The highest BCUT2D eigenvalue weighted by molar-refractivity contribution is 8.35. The molecule has 8 heteroatoms. The first-order valence-corrected chi connectivity index (χ1v) is 14.9. The lowest BCUT2D eigenvalue weighted by molar-refractivity contribution is 0.553. The summed E-state index contributed by atoms with van der Waals surface area (Å²) in [4.78, 5) is 22.3. The van der Waals surface area contributed by atoms with E-state index in [1.165, 1.54) is 32.3 Å². The zero-order valence-electron chi connectivity index (χ0n) is 19.7. The standard InChI is InChI=1S/C28H22Cl2N2OS3/c1-15-16(2)35-27(34-15)25-26(33)32-24(18-8-12-21(30)13-9-18)22-5-3-4-19(23(22)31-28(32)36-25)14-17-6-10-20(29)11-7-17/h6-14,24H,3-5H2,1-2H3/b19-14+/t24-/m1/s1. The fraction of sp³-hybridized carbons (Fsp3) is 0.214. The highest BCUT2D eigenvalue weighted by Crippen LogP contribution is 2.49. The lowest BCUT2D eigenvalue weighted by Gasteiger charge is -2.31. The maximum absolute atomic E-state index is 13.9. The number of thiazole rings is 1. The van der Waals surface area contributed by atoms with E-state index in [0.29, 0.717) is 5.02 Å². The molecule has 3 aromatic rings. The molecule has 3 aliphatic rings. The van der Waals surface area contributed by atoms with Gasteiger partial charge in [-0.1, -0.05) is 82.3 Å². The molecule has 0 saturated heterocycles. The summed E-state index contributed by atoms with van der Waals surface area (Å²) in [7, 11) is 0. The van der Waals surface area contributed by atoms with Gasteiger partial charge in [0, 0.05) is 10.0 Å². The largest absolute Gasteiger partial charge is 0.272 e. The Bertz CT molecular complexity index is 1640. The predicted molar refractivity (Wildman–Crippen MR) is 156 cm³/mol. The summed E-state index contributed by atoms with van der Waals surface area (Å²) in [6, 6.07) is 15.6. The van der Waals surface area contributed by atoms with Crippen molar-refractivity contribution in [2.24, 2.45) is 4.99 Å². The third kappa shape index (κ3) is 4.37. The molecular weight excluding hydrogens is 547 g/mol. The van der Waals surface area contributed by atoms with Crippen LogP contribution < -0.4 is 14.9 Å². The minimum atomic E-state index is -0.191. The average molecular weight is 570 g/mol. The van der Waals surface area contributed by atoms with Crippen LogP contribution in [0, 0.1) is 0 Å². The van der Waals surface area contributed by atoms with Crippen molar-refractivity contribution < 1.29 is 0 Å². The smallest absolute Gasteiger partial charge is 0.272 e. The van der Waals surface area contributed by atoms with Gasteiger partial charge in [-0.3, -0.25) is 9.36 Å². The maximum Gasteiger partial charge on any atom is 0.272 e. The number of rotatable bonds is 2. The second-order valence-corrected chi connectivity index (χ2v) is 13.6. The number of benzene rings is 2. The Morgan fingerprint density at radius 3 is 2.25 bits per heavy atom. The fourth-order valence-electron chi connectivity index (χ4n) is 4.82. The molecular formula is C28H22Cl2N2OS3. The van der Waals surface area contributed by atoms with Gasteiger partial charge < -0.3 is 0 Å². The molecule has 0 saturated carbocycles. The van der Waals surface area contributed by atoms with E-state index in [2.05, 4.69) is 19.9 Å². The van der Waals surface area contributed by atoms with Crippen LogP contribution in [0.3, 0.4) is 0 Å². The van der Waals surface area contributed by atoms with Gasteiger partial charge in [-0.05, 0) is 95.5 Å². The molecule has 0 N–H and O–H groups in total. The van der Waals surface area contributed by atoms with E-state index < -0.39 is 0 Å². The van der Waals surface area contributed by atoms with Crippen LogP contribution in [0.15, 0.2) is 85.0 Å². The Kier molecular flexibility index (Phi) is 6.59. The van der Waals surface area contributed by atoms with Crippen LogP contribution in [0.2, 0.25) is 10.0 Å². The van der Waals surface area contributed by atoms with Crippen LogP contribution in [0.4, 0.5) is 0 Å². The monoisotopic (exact) mass is 568 g/mol. The predicted octanol–water partition coefficient (Wildman–Crippen LogP) is 7.76. The Balaban J connectivity index is 1.58. The molecule has 1 atom stereocenters. The molecule has 2 aromatic carbocycles. The molecule has 36 heavy (non-hydrogen) atoms. The van der Waals surface area contributed by atoms with E-state index in [1.807, 2.05) is 53.1 Å². The average Bonchev–Trinajstić information content (AvgIpc) is 3.38. The van der Waals surface area contributed by atoms with Gasteiger partial charge in [0.05, 0.1) is 16.0 Å². The molecule has 182 valence electrons. The van der Waals surface area contributed by atoms with Crippen molar-refractivity contribution in [3.63, 3.8) is 0 Å². The number of thioether (sulfide) groups is 2. The molecule has 0 fully saturated rings. The zero-order valence-corrected chi connectivity index (χ0v) is 23.6. The summed E-state index contributed by atoms with van der Waals surface area (Å²) in [5.41, 5.74) is 5.62. The van der Waals surface area contributed by atoms with E-state index in [1.54, 1.807) is 23.5 Å². The fourth-order valence-corrected chi connectivity index (χ4v) is 8.82. The molecule has 2 aliphatic heterocycles. The van der Waals surface area contributed by atoms with Gasteiger partial charge in [-0.25, -0.2) is 4.99 Å². The number of aromatic nitrogens is 1. The molecule has 0 bridgehead atoms. The van der Waals surface area contributed by atoms with Gasteiger partial charge in [-0.2, -0.15) is 0 Å². The Morgan fingerprint density at radius 1 is 0.944 bits per heavy atom. The van der Waals surface area contributed by atoms with Crippen LogP contribution in [0.5, 0.6) is 0 Å². The Morgan fingerprint density at radius 2 is 1.58 bits per heavy atom. The molecule has 1 aliphatic carbocycles. The molecule has 0 amide bonds. The number of allylic oxidation sites excluding steroid dienone is 4. The van der Waals surface area contributed by atoms with Gasteiger partial charge in [0.15, 0.2) is 4.80 Å². The van der Waals surface area contributed by atoms with Crippen LogP contribution in [-0.2, 0) is 0 Å². The third-order valence-electron chi connectivity index (χ3n) is 6.68. The first kappa shape index (κ1) is 24.4. The molecule has 0 radical (unpaired) electrons. The minimum Gasteiger partial charge on any atom is -0.272 e. The number of hydrogen-bond donors (Lipinski definition) is 0. The summed E-state index contributed by atoms with van der Waals surface area (Å²) in [5.74, 6) is 0. The summed E-state index contributed by atoms with van der Waals surface area (Å²) >= 11 is 17.2. The zero-order chi connectivity index (χ0) is 25.0. The topological polar surface area (TPSA) is 34.4 Å². The number of halogens is 2. The van der Waals surface area contributed by atoms with Gasteiger partial charge in [-0.15, -0.1) is 0 Å². The van der Waals surface area contributed by atoms with E-state index >= 15 is 0 Å². The second-order valence-electron chi connectivity index (χ2n) is 9.01. The first-order valence-electron chi connectivity index (χ1n) is 11.7. The van der Waals surface area contributed by atoms with E-state index in [0.717, 1.165) is 54.7 Å².